The molecule has 2 rings (SSSR count). The summed E-state index contributed by atoms with van der Waals surface area (Å²) in [6.45, 7) is 3.60. The zero-order chi connectivity index (χ0) is 7.14. The first-order valence-electron chi connectivity index (χ1n) is 3.33. The zero-order valence-corrected chi connectivity index (χ0v) is 5.54. The molecule has 0 aliphatic carbocycles. The molecule has 0 aromatic rings. The van der Waals surface area contributed by atoms with Crippen molar-refractivity contribution in [2.75, 3.05) is 0 Å². The van der Waals surface area contributed by atoms with Gasteiger partial charge in [0.1, 0.15) is 6.10 Å². The molecule has 0 aromatic heterocycles. The van der Waals surface area contributed by atoms with Gasteiger partial charge >= 0.3 is 0 Å². The highest BCUT2D eigenvalue weighted by molar-refractivity contribution is 5.90. The number of Topliss-reactive ketones (excluding diaryl/α,β-unsaturated/α-hetero) is 1. The molecule has 0 unspecified atom stereocenters. The maximum atomic E-state index is 11.0. The maximum absolute atomic E-state index is 11.0. The molecule has 0 radical (unpaired) electrons. The average molecular weight is 136 g/mol. The van der Waals surface area contributed by atoms with E-state index in [-0.39, 0.29) is 18.0 Å². The Labute approximate surface area is 59.2 Å². The fraction of sp³-hybridized carbons (Fsp3) is 0.375. The van der Waals surface area contributed by atoms with Crippen LogP contribution in [0.1, 0.15) is 6.42 Å². The molecule has 0 saturated carbocycles. The number of fused-ring (bicyclic) bond motifs is 2. The fourth-order valence-electron chi connectivity index (χ4n) is 1.44. The van der Waals surface area contributed by atoms with Gasteiger partial charge in [0, 0.05) is 6.42 Å². The molecule has 0 aromatic carbocycles. The smallest absolute Gasteiger partial charge is 0.169 e. The molecule has 2 atom stereocenters. The van der Waals surface area contributed by atoms with Gasteiger partial charge in [-0.15, -0.1) is 0 Å². The van der Waals surface area contributed by atoms with Gasteiger partial charge in [-0.25, -0.2) is 0 Å². The minimum atomic E-state index is -0.275. The molecule has 2 heteroatoms. The SMILES string of the molecule is C=CC1=C[C@H]2CC(=O)[C@@H]1O2. The Balaban J connectivity index is 2.35. The Morgan fingerprint density at radius 1 is 1.80 bits per heavy atom. The first-order valence-corrected chi connectivity index (χ1v) is 3.33. The number of carbonyl (C=O) groups is 1. The number of rotatable bonds is 1. The van der Waals surface area contributed by atoms with Gasteiger partial charge in [0.25, 0.3) is 0 Å². The predicted molar refractivity (Wildman–Crippen MR) is 36.6 cm³/mol. The molecule has 2 bridgehead atoms. The highest BCUT2D eigenvalue weighted by Gasteiger charge is 2.39. The lowest BCUT2D eigenvalue weighted by atomic mass is 9.99. The molecule has 2 aliphatic rings. The van der Waals surface area contributed by atoms with E-state index in [2.05, 4.69) is 6.58 Å². The van der Waals surface area contributed by atoms with Crippen LogP contribution in [0.4, 0.5) is 0 Å². The van der Waals surface area contributed by atoms with Crippen LogP contribution in [0.2, 0.25) is 0 Å². The van der Waals surface area contributed by atoms with Crippen LogP contribution >= 0.6 is 0 Å². The summed E-state index contributed by atoms with van der Waals surface area (Å²) in [6, 6.07) is 0. The lowest BCUT2D eigenvalue weighted by Gasteiger charge is -2.02. The van der Waals surface area contributed by atoms with Gasteiger partial charge in [0.15, 0.2) is 5.78 Å². The van der Waals surface area contributed by atoms with Crippen LogP contribution in [0.3, 0.4) is 0 Å². The molecule has 2 aliphatic heterocycles. The molecular formula is C8H8O2. The van der Waals surface area contributed by atoms with Crippen LogP contribution in [0.5, 0.6) is 0 Å². The minimum absolute atomic E-state index is 0.0468. The van der Waals surface area contributed by atoms with E-state index in [0.717, 1.165) is 5.57 Å². The van der Waals surface area contributed by atoms with Crippen LogP contribution in [0, 0.1) is 0 Å². The second-order valence-electron chi connectivity index (χ2n) is 2.60. The van der Waals surface area contributed by atoms with Gasteiger partial charge in [-0.3, -0.25) is 4.79 Å². The van der Waals surface area contributed by atoms with Crippen molar-refractivity contribution in [1.29, 1.82) is 0 Å². The van der Waals surface area contributed by atoms with Crippen molar-refractivity contribution >= 4 is 5.78 Å². The number of ketones is 1. The third kappa shape index (κ3) is 0.596. The van der Waals surface area contributed by atoms with Crippen molar-refractivity contribution in [3.63, 3.8) is 0 Å². The molecule has 2 heterocycles. The van der Waals surface area contributed by atoms with Crippen molar-refractivity contribution in [2.45, 2.75) is 18.6 Å². The summed E-state index contributed by atoms with van der Waals surface area (Å²) in [5, 5.41) is 0. The van der Waals surface area contributed by atoms with E-state index >= 15 is 0 Å². The normalized spacial score (nSPS) is 36.4. The summed E-state index contributed by atoms with van der Waals surface area (Å²) >= 11 is 0. The third-order valence-corrected chi connectivity index (χ3v) is 1.92. The van der Waals surface area contributed by atoms with E-state index < -0.39 is 0 Å². The van der Waals surface area contributed by atoms with Gasteiger partial charge in [0.2, 0.25) is 0 Å². The van der Waals surface area contributed by atoms with Crippen LogP contribution in [-0.4, -0.2) is 18.0 Å². The lowest BCUT2D eigenvalue weighted by Crippen LogP contribution is -2.15. The summed E-state index contributed by atoms with van der Waals surface area (Å²) < 4.78 is 5.27. The summed E-state index contributed by atoms with van der Waals surface area (Å²) in [4.78, 5) is 11.0. The highest BCUT2D eigenvalue weighted by atomic mass is 16.5. The topological polar surface area (TPSA) is 26.3 Å². The Kier molecular flexibility index (Phi) is 1.05. The van der Waals surface area contributed by atoms with Crippen molar-refractivity contribution in [1.82, 2.24) is 0 Å². The fourth-order valence-corrected chi connectivity index (χ4v) is 1.44. The Bertz CT molecular complexity index is 227. The van der Waals surface area contributed by atoms with Gasteiger partial charge in [-0.2, -0.15) is 0 Å². The monoisotopic (exact) mass is 136 g/mol. The quantitative estimate of drug-likeness (QED) is 0.534. The first kappa shape index (κ1) is 5.86. The van der Waals surface area contributed by atoms with E-state index in [1.165, 1.54) is 0 Å². The number of ether oxygens (including phenoxy) is 1. The van der Waals surface area contributed by atoms with Crippen molar-refractivity contribution in [2.24, 2.45) is 0 Å². The van der Waals surface area contributed by atoms with Crippen LogP contribution in [0.25, 0.3) is 0 Å². The molecule has 2 nitrogen and oxygen atoms in total. The van der Waals surface area contributed by atoms with Gasteiger partial charge in [0.05, 0.1) is 6.10 Å². The molecule has 0 N–H and O–H groups in total. The minimum Gasteiger partial charge on any atom is -0.358 e. The van der Waals surface area contributed by atoms with E-state index in [0.29, 0.717) is 6.42 Å². The van der Waals surface area contributed by atoms with Gasteiger partial charge < -0.3 is 4.74 Å². The van der Waals surface area contributed by atoms with Gasteiger partial charge in [-0.1, -0.05) is 12.7 Å². The Morgan fingerprint density at radius 2 is 2.60 bits per heavy atom. The van der Waals surface area contributed by atoms with E-state index in [1.807, 2.05) is 6.08 Å². The van der Waals surface area contributed by atoms with Crippen LogP contribution in [0.15, 0.2) is 24.3 Å². The largest absolute Gasteiger partial charge is 0.358 e. The third-order valence-electron chi connectivity index (χ3n) is 1.92. The Hall–Kier alpha value is -0.890. The molecule has 1 saturated heterocycles. The van der Waals surface area contributed by atoms with Crippen molar-refractivity contribution in [3.8, 4) is 0 Å². The molecular weight excluding hydrogens is 128 g/mol. The first-order chi connectivity index (χ1) is 4.81. The van der Waals surface area contributed by atoms with Gasteiger partial charge in [-0.05, 0) is 11.6 Å². The molecule has 0 spiro atoms. The predicted octanol–water partition coefficient (Wildman–Crippen LogP) is 0.839. The van der Waals surface area contributed by atoms with E-state index in [9.17, 15) is 4.79 Å². The second kappa shape index (κ2) is 1.80. The Morgan fingerprint density at radius 3 is 3.00 bits per heavy atom. The summed E-state index contributed by atoms with van der Waals surface area (Å²) in [7, 11) is 0. The summed E-state index contributed by atoms with van der Waals surface area (Å²) in [6.07, 6.45) is 4.00. The second-order valence-corrected chi connectivity index (χ2v) is 2.60. The number of hydrogen-bond acceptors (Lipinski definition) is 2. The summed E-state index contributed by atoms with van der Waals surface area (Å²) in [5.74, 6) is 0.197. The lowest BCUT2D eigenvalue weighted by molar-refractivity contribution is -0.120. The number of carbonyl (C=O) groups excluding carboxylic acids is 1. The standard InChI is InChI=1S/C8H8O2/c1-2-5-3-6-4-7(9)8(5)10-6/h2-3,6,8H,1,4H2/t6-,8+/m0/s1. The molecule has 52 valence electrons. The van der Waals surface area contributed by atoms with Crippen LogP contribution in [-0.2, 0) is 9.53 Å². The highest BCUT2D eigenvalue weighted by Crippen LogP contribution is 2.31. The molecule has 1 fully saturated rings. The number of hydrogen-bond donors (Lipinski definition) is 0. The van der Waals surface area contributed by atoms with Crippen LogP contribution < -0.4 is 0 Å². The van der Waals surface area contributed by atoms with Crippen molar-refractivity contribution in [3.05, 3.63) is 24.3 Å². The maximum Gasteiger partial charge on any atom is 0.169 e. The van der Waals surface area contributed by atoms with E-state index in [1.54, 1.807) is 6.08 Å². The van der Waals surface area contributed by atoms with E-state index in [4.69, 9.17) is 4.74 Å². The zero-order valence-electron chi connectivity index (χ0n) is 5.54. The summed E-state index contributed by atoms with van der Waals surface area (Å²) in [5.41, 5.74) is 0.946. The molecule has 0 amide bonds. The van der Waals surface area contributed by atoms with Crippen molar-refractivity contribution < 1.29 is 9.53 Å². The molecule has 10 heavy (non-hydrogen) atoms. The average Bonchev–Trinajstić information content (AvgIpc) is 2.44.